The standard InChI is InChI=1S/C15H16FNO4/c1-15(2,3)7-17-11(14(20)21)12(18)9-5-4-8(16)6-10(9)13(17)19/h4-6,18H,7H2,1-3H3,(H,20,21). The molecule has 0 aliphatic carbocycles. The lowest BCUT2D eigenvalue weighted by molar-refractivity contribution is 0.0677. The molecule has 0 saturated carbocycles. The van der Waals surface area contributed by atoms with Crippen LogP contribution in [0.4, 0.5) is 4.39 Å². The Kier molecular flexibility index (Phi) is 3.49. The molecule has 0 atom stereocenters. The lowest BCUT2D eigenvalue weighted by Crippen LogP contribution is -2.31. The average Bonchev–Trinajstić information content (AvgIpc) is 2.33. The fourth-order valence-electron chi connectivity index (χ4n) is 2.24. The number of pyridine rings is 1. The van der Waals surface area contributed by atoms with Crippen LogP contribution in [0.25, 0.3) is 10.8 Å². The molecule has 21 heavy (non-hydrogen) atoms. The van der Waals surface area contributed by atoms with Crippen molar-refractivity contribution in [1.29, 1.82) is 0 Å². The van der Waals surface area contributed by atoms with Crippen LogP contribution >= 0.6 is 0 Å². The number of aromatic carboxylic acids is 1. The molecule has 0 saturated heterocycles. The van der Waals surface area contributed by atoms with Crippen LogP contribution in [0, 0.1) is 11.2 Å². The lowest BCUT2D eigenvalue weighted by atomic mass is 9.96. The first-order valence-corrected chi connectivity index (χ1v) is 6.40. The van der Waals surface area contributed by atoms with Gasteiger partial charge < -0.3 is 10.2 Å². The zero-order valence-corrected chi connectivity index (χ0v) is 12.0. The van der Waals surface area contributed by atoms with Crippen molar-refractivity contribution in [3.63, 3.8) is 0 Å². The number of carbonyl (C=O) groups is 1. The van der Waals surface area contributed by atoms with Crippen molar-refractivity contribution in [1.82, 2.24) is 4.57 Å². The van der Waals surface area contributed by atoms with E-state index in [0.29, 0.717) is 0 Å². The second kappa shape index (κ2) is 4.87. The van der Waals surface area contributed by atoms with Gasteiger partial charge in [-0.2, -0.15) is 0 Å². The van der Waals surface area contributed by atoms with Crippen molar-refractivity contribution in [3.8, 4) is 5.75 Å². The zero-order chi connectivity index (χ0) is 15.9. The number of halogens is 1. The average molecular weight is 293 g/mol. The Morgan fingerprint density at radius 2 is 1.90 bits per heavy atom. The van der Waals surface area contributed by atoms with E-state index in [-0.39, 0.29) is 22.7 Å². The molecule has 0 bridgehead atoms. The van der Waals surface area contributed by atoms with Gasteiger partial charge in [-0.3, -0.25) is 9.36 Å². The Hall–Kier alpha value is -2.37. The summed E-state index contributed by atoms with van der Waals surface area (Å²) in [4.78, 5) is 23.9. The largest absolute Gasteiger partial charge is 0.505 e. The van der Waals surface area contributed by atoms with Gasteiger partial charge in [0.2, 0.25) is 0 Å². The van der Waals surface area contributed by atoms with Gasteiger partial charge in [-0.15, -0.1) is 0 Å². The summed E-state index contributed by atoms with van der Waals surface area (Å²) in [5.41, 5.74) is -1.50. The molecule has 1 aromatic carbocycles. The number of aromatic hydroxyl groups is 1. The summed E-state index contributed by atoms with van der Waals surface area (Å²) in [6.45, 7) is 5.58. The highest BCUT2D eigenvalue weighted by atomic mass is 19.1. The maximum atomic E-state index is 13.3. The number of fused-ring (bicyclic) bond motifs is 1. The molecular formula is C15H16FNO4. The number of benzene rings is 1. The molecule has 1 heterocycles. The van der Waals surface area contributed by atoms with Crippen LogP contribution < -0.4 is 5.56 Å². The van der Waals surface area contributed by atoms with Crippen LogP contribution in [0.2, 0.25) is 0 Å². The first kappa shape index (κ1) is 15.0. The normalized spacial score (nSPS) is 11.8. The SMILES string of the molecule is CC(C)(C)Cn1c(C(=O)O)c(O)c2ccc(F)cc2c1=O. The first-order chi connectivity index (χ1) is 9.61. The van der Waals surface area contributed by atoms with Crippen molar-refractivity contribution < 1.29 is 19.4 Å². The third-order valence-electron chi connectivity index (χ3n) is 3.04. The monoisotopic (exact) mass is 293 g/mol. The van der Waals surface area contributed by atoms with Gasteiger partial charge in [-0.05, 0) is 23.6 Å². The third kappa shape index (κ3) is 2.74. The maximum Gasteiger partial charge on any atom is 0.356 e. The van der Waals surface area contributed by atoms with Crippen molar-refractivity contribution in [3.05, 3.63) is 40.1 Å². The van der Waals surface area contributed by atoms with Gasteiger partial charge in [-0.25, -0.2) is 9.18 Å². The van der Waals surface area contributed by atoms with Gasteiger partial charge in [0.15, 0.2) is 11.4 Å². The number of aromatic nitrogens is 1. The fraction of sp³-hybridized carbons (Fsp3) is 0.333. The minimum atomic E-state index is -1.40. The fourth-order valence-corrected chi connectivity index (χ4v) is 2.24. The molecule has 2 rings (SSSR count). The summed E-state index contributed by atoms with van der Waals surface area (Å²) in [6.07, 6.45) is 0. The number of rotatable bonds is 2. The smallest absolute Gasteiger partial charge is 0.356 e. The summed E-state index contributed by atoms with van der Waals surface area (Å²) < 4.78 is 14.3. The second-order valence-electron chi connectivity index (χ2n) is 6.14. The van der Waals surface area contributed by atoms with E-state index < -0.39 is 28.8 Å². The summed E-state index contributed by atoms with van der Waals surface area (Å²) in [5.74, 6) is -2.55. The van der Waals surface area contributed by atoms with Gasteiger partial charge in [0.1, 0.15) is 5.82 Å². The van der Waals surface area contributed by atoms with E-state index in [0.717, 1.165) is 16.7 Å². The van der Waals surface area contributed by atoms with Gasteiger partial charge in [0, 0.05) is 11.9 Å². The molecule has 2 N–H and O–H groups in total. The Morgan fingerprint density at radius 3 is 2.43 bits per heavy atom. The molecule has 0 aliphatic rings. The van der Waals surface area contributed by atoms with E-state index in [1.54, 1.807) is 0 Å². The molecular weight excluding hydrogens is 277 g/mol. The Bertz CT molecular complexity index is 787. The van der Waals surface area contributed by atoms with Crippen LogP contribution in [-0.2, 0) is 6.54 Å². The number of carboxylic acid groups (broad SMARTS) is 1. The first-order valence-electron chi connectivity index (χ1n) is 6.40. The highest BCUT2D eigenvalue weighted by molar-refractivity contribution is 5.98. The highest BCUT2D eigenvalue weighted by Crippen LogP contribution is 2.28. The van der Waals surface area contributed by atoms with Crippen molar-refractivity contribution in [2.75, 3.05) is 0 Å². The van der Waals surface area contributed by atoms with E-state index in [1.165, 1.54) is 6.07 Å². The summed E-state index contributed by atoms with van der Waals surface area (Å²) in [5, 5.41) is 19.4. The van der Waals surface area contributed by atoms with Crippen LogP contribution in [-0.4, -0.2) is 20.7 Å². The number of hydrogen-bond donors (Lipinski definition) is 2. The Balaban J connectivity index is 2.93. The summed E-state index contributed by atoms with van der Waals surface area (Å²) >= 11 is 0. The van der Waals surface area contributed by atoms with E-state index in [4.69, 9.17) is 0 Å². The Labute approximate surface area is 120 Å². The third-order valence-corrected chi connectivity index (χ3v) is 3.04. The van der Waals surface area contributed by atoms with Crippen molar-refractivity contribution in [2.24, 2.45) is 5.41 Å². The van der Waals surface area contributed by atoms with Crippen LogP contribution in [0.1, 0.15) is 31.3 Å². The molecule has 2 aromatic rings. The molecule has 0 radical (unpaired) electrons. The predicted octanol–water partition coefficient (Wildman–Crippen LogP) is 2.59. The number of nitrogens with zero attached hydrogens (tertiary/aromatic N) is 1. The minimum Gasteiger partial charge on any atom is -0.505 e. The molecule has 0 unspecified atom stereocenters. The van der Waals surface area contributed by atoms with Crippen LogP contribution in [0.15, 0.2) is 23.0 Å². The van der Waals surface area contributed by atoms with E-state index in [2.05, 4.69) is 0 Å². The molecule has 1 aromatic heterocycles. The highest BCUT2D eigenvalue weighted by Gasteiger charge is 2.24. The van der Waals surface area contributed by atoms with Gasteiger partial charge >= 0.3 is 5.97 Å². The molecule has 0 spiro atoms. The topological polar surface area (TPSA) is 79.5 Å². The molecule has 6 heteroatoms. The number of carboxylic acids is 1. The molecule has 0 amide bonds. The van der Waals surface area contributed by atoms with Crippen LogP contribution in [0.5, 0.6) is 5.75 Å². The lowest BCUT2D eigenvalue weighted by Gasteiger charge is -2.22. The molecule has 0 aliphatic heterocycles. The van der Waals surface area contributed by atoms with E-state index in [9.17, 15) is 24.2 Å². The van der Waals surface area contributed by atoms with Gasteiger partial charge in [-0.1, -0.05) is 20.8 Å². The molecule has 112 valence electrons. The van der Waals surface area contributed by atoms with Crippen LogP contribution in [0.3, 0.4) is 0 Å². The minimum absolute atomic E-state index is 0.0314. The predicted molar refractivity (Wildman–Crippen MR) is 76.2 cm³/mol. The Morgan fingerprint density at radius 1 is 1.29 bits per heavy atom. The van der Waals surface area contributed by atoms with Gasteiger partial charge in [0.05, 0.1) is 5.39 Å². The number of hydrogen-bond acceptors (Lipinski definition) is 3. The quantitative estimate of drug-likeness (QED) is 0.892. The maximum absolute atomic E-state index is 13.3. The molecule has 5 nitrogen and oxygen atoms in total. The second-order valence-corrected chi connectivity index (χ2v) is 6.14. The van der Waals surface area contributed by atoms with Gasteiger partial charge in [0.25, 0.3) is 5.56 Å². The van der Waals surface area contributed by atoms with Crippen molar-refractivity contribution in [2.45, 2.75) is 27.3 Å². The molecule has 0 fully saturated rings. The summed E-state index contributed by atoms with van der Waals surface area (Å²) in [7, 11) is 0. The summed E-state index contributed by atoms with van der Waals surface area (Å²) in [6, 6.07) is 3.28. The zero-order valence-electron chi connectivity index (χ0n) is 12.0. The van der Waals surface area contributed by atoms with E-state index >= 15 is 0 Å². The van der Waals surface area contributed by atoms with E-state index in [1.807, 2.05) is 20.8 Å². The van der Waals surface area contributed by atoms with Crippen molar-refractivity contribution >= 4 is 16.7 Å².